The van der Waals surface area contributed by atoms with Gasteiger partial charge in [-0.1, -0.05) is 12.1 Å². The van der Waals surface area contributed by atoms with Crippen LogP contribution in [0.4, 0.5) is 4.79 Å². The van der Waals surface area contributed by atoms with Crippen molar-refractivity contribution >= 4 is 23.0 Å². The Bertz CT molecular complexity index is 784. The molecule has 0 radical (unpaired) electrons. The van der Waals surface area contributed by atoms with E-state index in [0.717, 1.165) is 55.6 Å². The number of hydrogen-bond acceptors (Lipinski definition) is 3. The Morgan fingerprint density at radius 1 is 1.07 bits per heavy atom. The molecule has 2 heterocycles. The van der Waals surface area contributed by atoms with Crippen LogP contribution in [0.1, 0.15) is 50.3 Å². The highest BCUT2D eigenvalue weighted by atomic mass is 16.4. The van der Waals surface area contributed by atoms with Gasteiger partial charge in [0.2, 0.25) is 0 Å². The summed E-state index contributed by atoms with van der Waals surface area (Å²) < 4.78 is 0. The molecule has 0 unspecified atom stereocenters. The van der Waals surface area contributed by atoms with E-state index in [4.69, 9.17) is 10.1 Å². The number of aromatic amines is 1. The predicted octanol–water partition coefficient (Wildman–Crippen LogP) is 3.10. The molecule has 1 saturated heterocycles. The smallest absolute Gasteiger partial charge is 0.317 e. The van der Waals surface area contributed by atoms with E-state index in [1.165, 1.54) is 0 Å². The fourth-order valence-electron chi connectivity index (χ4n) is 4.27. The van der Waals surface area contributed by atoms with Gasteiger partial charge in [0.05, 0.1) is 17.0 Å². The summed E-state index contributed by atoms with van der Waals surface area (Å²) in [5.41, 5.74) is 2.05. The largest absolute Gasteiger partial charge is 0.481 e. The van der Waals surface area contributed by atoms with Gasteiger partial charge in [-0.3, -0.25) is 4.79 Å². The molecule has 2 aromatic rings. The first-order valence-corrected chi connectivity index (χ1v) is 9.83. The quantitative estimate of drug-likeness (QED) is 0.773. The number of nitrogens with zero attached hydrogens (tertiary/aromatic N) is 2. The van der Waals surface area contributed by atoms with Crippen LogP contribution < -0.4 is 5.32 Å². The van der Waals surface area contributed by atoms with E-state index >= 15 is 0 Å². The lowest BCUT2D eigenvalue weighted by atomic mass is 9.86. The van der Waals surface area contributed by atoms with E-state index in [1.807, 2.05) is 29.2 Å². The lowest BCUT2D eigenvalue weighted by Gasteiger charge is -2.34. The summed E-state index contributed by atoms with van der Waals surface area (Å²) in [5.74, 6) is 0.404. The molecule has 2 amide bonds. The molecule has 0 atom stereocenters. The van der Waals surface area contributed by atoms with Crippen LogP contribution in [0, 0.1) is 5.92 Å². The molecule has 1 aliphatic heterocycles. The van der Waals surface area contributed by atoms with E-state index in [9.17, 15) is 9.59 Å². The van der Waals surface area contributed by atoms with Gasteiger partial charge in [-0.25, -0.2) is 9.78 Å². The number of aliphatic carboxylic acids is 1. The zero-order valence-corrected chi connectivity index (χ0v) is 15.4. The summed E-state index contributed by atoms with van der Waals surface area (Å²) in [4.78, 5) is 33.6. The van der Waals surface area contributed by atoms with Crippen molar-refractivity contribution < 1.29 is 14.7 Å². The number of rotatable bonds is 3. The van der Waals surface area contributed by atoms with Crippen LogP contribution in [0.15, 0.2) is 24.3 Å². The van der Waals surface area contributed by atoms with Gasteiger partial charge in [0, 0.05) is 25.0 Å². The minimum absolute atomic E-state index is 0.0168. The normalized spacial score (nSPS) is 24.1. The average molecular weight is 370 g/mol. The molecule has 4 rings (SSSR count). The SMILES string of the molecule is O=C(O)C1CCC(NC(=O)N2CCC(c3nc4ccccc4[nH]3)CC2)CC1. The molecule has 1 saturated carbocycles. The number of hydrogen-bond donors (Lipinski definition) is 3. The number of amides is 2. The summed E-state index contributed by atoms with van der Waals surface area (Å²) in [6, 6.07) is 8.12. The van der Waals surface area contributed by atoms with Gasteiger partial charge in [0.15, 0.2) is 0 Å². The molecule has 27 heavy (non-hydrogen) atoms. The average Bonchev–Trinajstić information content (AvgIpc) is 3.13. The van der Waals surface area contributed by atoms with Crippen molar-refractivity contribution in [1.82, 2.24) is 20.2 Å². The van der Waals surface area contributed by atoms with Gasteiger partial charge in [-0.15, -0.1) is 0 Å². The zero-order chi connectivity index (χ0) is 18.8. The van der Waals surface area contributed by atoms with Gasteiger partial charge in [0.1, 0.15) is 5.82 Å². The Morgan fingerprint density at radius 2 is 1.78 bits per heavy atom. The number of carboxylic acids is 1. The Hall–Kier alpha value is -2.57. The van der Waals surface area contributed by atoms with Gasteiger partial charge in [0.25, 0.3) is 0 Å². The van der Waals surface area contributed by atoms with Crippen LogP contribution >= 0.6 is 0 Å². The van der Waals surface area contributed by atoms with Crippen LogP contribution in [-0.2, 0) is 4.79 Å². The lowest BCUT2D eigenvalue weighted by Crippen LogP contribution is -2.48. The third-order valence-electron chi connectivity index (χ3n) is 5.98. The van der Waals surface area contributed by atoms with Gasteiger partial charge in [-0.05, 0) is 50.7 Å². The first kappa shape index (κ1) is 17.8. The zero-order valence-electron chi connectivity index (χ0n) is 15.4. The van der Waals surface area contributed by atoms with Crippen molar-refractivity contribution in [3.05, 3.63) is 30.1 Å². The van der Waals surface area contributed by atoms with Crippen molar-refractivity contribution in [3.63, 3.8) is 0 Å². The van der Waals surface area contributed by atoms with E-state index < -0.39 is 5.97 Å². The Kier molecular flexibility index (Phi) is 5.01. The summed E-state index contributed by atoms with van der Waals surface area (Å²) in [5, 5.41) is 12.2. The third kappa shape index (κ3) is 3.91. The first-order valence-electron chi connectivity index (χ1n) is 9.83. The molecule has 1 aliphatic carbocycles. The second-order valence-electron chi connectivity index (χ2n) is 7.74. The number of imidazole rings is 1. The number of aromatic nitrogens is 2. The Morgan fingerprint density at radius 3 is 2.44 bits per heavy atom. The van der Waals surface area contributed by atoms with Gasteiger partial charge < -0.3 is 20.3 Å². The Balaban J connectivity index is 1.27. The van der Waals surface area contributed by atoms with E-state index in [2.05, 4.69) is 10.3 Å². The molecular formula is C20H26N4O3. The molecule has 2 aliphatic rings. The third-order valence-corrected chi connectivity index (χ3v) is 5.98. The minimum Gasteiger partial charge on any atom is -0.481 e. The first-order chi connectivity index (χ1) is 13.1. The van der Waals surface area contributed by atoms with Crippen molar-refractivity contribution in [1.29, 1.82) is 0 Å². The summed E-state index contributed by atoms with van der Waals surface area (Å²) in [6.45, 7) is 1.44. The number of para-hydroxylation sites is 2. The standard InChI is InChI=1S/C20H26N4O3/c25-19(26)14-5-7-15(8-6-14)21-20(27)24-11-9-13(10-12-24)18-22-16-3-1-2-4-17(16)23-18/h1-4,13-15H,5-12H2,(H,21,27)(H,22,23)(H,25,26). The molecule has 1 aromatic heterocycles. The summed E-state index contributed by atoms with van der Waals surface area (Å²) >= 11 is 0. The second kappa shape index (κ2) is 7.58. The van der Waals surface area contributed by atoms with Crippen LogP contribution in [-0.4, -0.2) is 51.1 Å². The number of carbonyl (C=O) groups is 2. The number of likely N-dealkylation sites (tertiary alicyclic amines) is 1. The number of H-pyrrole nitrogens is 1. The van der Waals surface area contributed by atoms with Crippen molar-refractivity contribution in [2.45, 2.75) is 50.5 Å². The number of carbonyl (C=O) groups excluding carboxylic acids is 1. The maximum absolute atomic E-state index is 12.5. The monoisotopic (exact) mass is 370 g/mol. The molecular weight excluding hydrogens is 344 g/mol. The van der Waals surface area contributed by atoms with Gasteiger partial charge in [-0.2, -0.15) is 0 Å². The van der Waals surface area contributed by atoms with Crippen molar-refractivity contribution in [2.75, 3.05) is 13.1 Å². The fraction of sp³-hybridized carbons (Fsp3) is 0.550. The molecule has 144 valence electrons. The molecule has 1 aromatic carbocycles. The molecule has 7 heteroatoms. The van der Waals surface area contributed by atoms with Crippen LogP contribution in [0.25, 0.3) is 11.0 Å². The second-order valence-corrected chi connectivity index (χ2v) is 7.74. The van der Waals surface area contributed by atoms with Crippen LogP contribution in [0.5, 0.6) is 0 Å². The number of fused-ring (bicyclic) bond motifs is 1. The summed E-state index contributed by atoms with van der Waals surface area (Å²) in [6.07, 6.45) is 4.59. The lowest BCUT2D eigenvalue weighted by molar-refractivity contribution is -0.142. The number of carboxylic acid groups (broad SMARTS) is 1. The minimum atomic E-state index is -0.715. The highest BCUT2D eigenvalue weighted by Gasteiger charge is 2.30. The fourth-order valence-corrected chi connectivity index (χ4v) is 4.27. The number of nitrogens with one attached hydrogen (secondary N) is 2. The maximum Gasteiger partial charge on any atom is 0.317 e. The maximum atomic E-state index is 12.5. The predicted molar refractivity (Wildman–Crippen MR) is 102 cm³/mol. The van der Waals surface area contributed by atoms with E-state index in [0.29, 0.717) is 18.8 Å². The number of piperidine rings is 1. The van der Waals surface area contributed by atoms with E-state index in [-0.39, 0.29) is 18.0 Å². The number of benzene rings is 1. The van der Waals surface area contributed by atoms with Crippen molar-refractivity contribution in [3.8, 4) is 0 Å². The highest BCUT2D eigenvalue weighted by molar-refractivity contribution is 5.75. The van der Waals surface area contributed by atoms with Crippen LogP contribution in [0.2, 0.25) is 0 Å². The molecule has 3 N–H and O–H groups in total. The topological polar surface area (TPSA) is 98.3 Å². The van der Waals surface area contributed by atoms with Crippen molar-refractivity contribution in [2.24, 2.45) is 5.92 Å². The van der Waals surface area contributed by atoms with Gasteiger partial charge >= 0.3 is 12.0 Å². The Labute approximate surface area is 158 Å². The molecule has 7 nitrogen and oxygen atoms in total. The van der Waals surface area contributed by atoms with Crippen LogP contribution in [0.3, 0.4) is 0 Å². The molecule has 2 fully saturated rings. The van der Waals surface area contributed by atoms with E-state index in [1.54, 1.807) is 0 Å². The highest BCUT2D eigenvalue weighted by Crippen LogP contribution is 2.28. The number of urea groups is 1. The molecule has 0 bridgehead atoms. The summed E-state index contributed by atoms with van der Waals surface area (Å²) in [7, 11) is 0. The molecule has 0 spiro atoms.